The maximum absolute atomic E-state index is 15.3. The third kappa shape index (κ3) is 4.50. The van der Waals surface area contributed by atoms with Gasteiger partial charge in [0.05, 0.1) is 10.8 Å². The molecule has 0 aromatic heterocycles. The normalized spacial score (nSPS) is 30.6. The molecule has 0 spiro atoms. The Balaban J connectivity index is 2.11. The van der Waals surface area contributed by atoms with E-state index in [2.05, 4.69) is 13.2 Å². The zero-order valence-corrected chi connectivity index (χ0v) is 27.6. The molecular formula is C38H48O6. The predicted molar refractivity (Wildman–Crippen MR) is 172 cm³/mol. The third-order valence-electron chi connectivity index (χ3n) is 11.0. The molecule has 0 radical (unpaired) electrons. The molecular weight excluding hydrogens is 552 g/mol. The van der Waals surface area contributed by atoms with E-state index in [9.17, 15) is 15.0 Å². The van der Waals surface area contributed by atoms with Crippen LogP contribution in [0.15, 0.2) is 65.8 Å². The molecule has 6 atom stereocenters. The zero-order chi connectivity index (χ0) is 33.2. The summed E-state index contributed by atoms with van der Waals surface area (Å²) in [5.74, 6) is -4.59. The number of ketones is 4. The molecule has 2 N–H and O–H groups in total. The van der Waals surface area contributed by atoms with Crippen LogP contribution < -0.4 is 0 Å². The van der Waals surface area contributed by atoms with Gasteiger partial charge in [-0.15, -0.1) is 6.58 Å². The number of hydrogen-bond acceptors (Lipinski definition) is 6. The summed E-state index contributed by atoms with van der Waals surface area (Å²) in [6.45, 7) is 23.6. The molecule has 4 fully saturated rings. The number of carbonyl (C=O) groups is 4. The first kappa shape index (κ1) is 33.4. The second-order valence-corrected chi connectivity index (χ2v) is 14.8. The Morgan fingerprint density at radius 2 is 1.59 bits per heavy atom. The van der Waals surface area contributed by atoms with Crippen LogP contribution >= 0.6 is 0 Å². The van der Waals surface area contributed by atoms with Gasteiger partial charge in [-0.1, -0.05) is 54.9 Å². The standard InChI is InChI=1S/C38H48O6/c1-21(2)11-12-26(24(7)8)19-36-20-28-27(17-23(5)6)38(33(36)43,31(41)25-13-14-29(39)30(40)18-25)34(44)37(32(36)42,35(28,9)10)16-15-22(3)4/h13-15,17-18,26-28,39-40H,1,7,11-12,16,19-20H2,2-6,8-10H3/t26?,27?,28?,36-,37+,38+/m1/s1. The van der Waals surface area contributed by atoms with Crippen LogP contribution in [0.5, 0.6) is 11.5 Å². The van der Waals surface area contributed by atoms with Crippen LogP contribution in [0.4, 0.5) is 0 Å². The van der Waals surface area contributed by atoms with E-state index < -0.39 is 56.4 Å². The minimum atomic E-state index is -2.16. The van der Waals surface area contributed by atoms with E-state index in [-0.39, 0.29) is 42.4 Å². The minimum Gasteiger partial charge on any atom is -0.504 e. The van der Waals surface area contributed by atoms with Gasteiger partial charge in [-0.05, 0) is 109 Å². The van der Waals surface area contributed by atoms with Gasteiger partial charge in [0.15, 0.2) is 40.0 Å². The molecule has 1 aromatic carbocycles. The number of allylic oxidation sites excluding steroid dienone is 6. The molecule has 0 aliphatic heterocycles. The first-order valence-electron chi connectivity index (χ1n) is 15.6. The van der Waals surface area contributed by atoms with E-state index in [1.54, 1.807) is 0 Å². The molecule has 6 nitrogen and oxygen atoms in total. The van der Waals surface area contributed by atoms with Gasteiger partial charge in [-0.3, -0.25) is 19.2 Å². The molecule has 0 saturated heterocycles. The van der Waals surface area contributed by atoms with Crippen LogP contribution in [0, 0.1) is 39.4 Å². The van der Waals surface area contributed by atoms with Crippen molar-refractivity contribution in [2.24, 2.45) is 39.4 Å². The van der Waals surface area contributed by atoms with Gasteiger partial charge < -0.3 is 10.2 Å². The topological polar surface area (TPSA) is 109 Å². The Hall–Kier alpha value is -3.54. The maximum atomic E-state index is 15.3. The summed E-state index contributed by atoms with van der Waals surface area (Å²) in [4.78, 5) is 60.8. The molecule has 3 unspecified atom stereocenters. The summed E-state index contributed by atoms with van der Waals surface area (Å²) < 4.78 is 0. The summed E-state index contributed by atoms with van der Waals surface area (Å²) in [5.41, 5.74) is -2.59. The highest BCUT2D eigenvalue weighted by molar-refractivity contribution is 6.42. The van der Waals surface area contributed by atoms with Gasteiger partial charge >= 0.3 is 0 Å². The molecule has 4 aliphatic carbocycles. The van der Waals surface area contributed by atoms with Crippen LogP contribution in [-0.4, -0.2) is 33.3 Å². The lowest BCUT2D eigenvalue weighted by Crippen LogP contribution is -2.83. The number of rotatable bonds is 11. The van der Waals surface area contributed by atoms with Crippen LogP contribution in [0.25, 0.3) is 0 Å². The molecule has 1 aromatic rings. The first-order chi connectivity index (χ1) is 20.3. The van der Waals surface area contributed by atoms with Crippen molar-refractivity contribution in [1.82, 2.24) is 0 Å². The fraction of sp³-hybridized carbons (Fsp3) is 0.526. The van der Waals surface area contributed by atoms with E-state index in [0.717, 1.165) is 28.4 Å². The van der Waals surface area contributed by atoms with Gasteiger partial charge in [0, 0.05) is 11.5 Å². The predicted octanol–water partition coefficient (Wildman–Crippen LogP) is 7.90. The highest BCUT2D eigenvalue weighted by Crippen LogP contribution is 2.75. The van der Waals surface area contributed by atoms with Crippen LogP contribution in [0.3, 0.4) is 0 Å². The van der Waals surface area contributed by atoms with Crippen molar-refractivity contribution in [3.63, 3.8) is 0 Å². The maximum Gasteiger partial charge on any atom is 0.184 e. The molecule has 0 amide bonds. The van der Waals surface area contributed by atoms with Crippen molar-refractivity contribution in [1.29, 1.82) is 0 Å². The zero-order valence-electron chi connectivity index (χ0n) is 27.6. The highest BCUT2D eigenvalue weighted by atomic mass is 16.3. The second-order valence-electron chi connectivity index (χ2n) is 14.8. The molecule has 236 valence electrons. The lowest BCUT2D eigenvalue weighted by atomic mass is 9.26. The Kier molecular flexibility index (Phi) is 8.43. The van der Waals surface area contributed by atoms with Gasteiger partial charge in [-0.2, -0.15) is 0 Å². The molecule has 4 aliphatic rings. The van der Waals surface area contributed by atoms with E-state index in [0.29, 0.717) is 12.8 Å². The summed E-state index contributed by atoms with van der Waals surface area (Å²) in [6.07, 6.45) is 5.66. The minimum absolute atomic E-state index is 0.0485. The molecule has 5 rings (SSSR count). The van der Waals surface area contributed by atoms with Gasteiger partial charge in [0.2, 0.25) is 0 Å². The van der Waals surface area contributed by atoms with Crippen molar-refractivity contribution in [3.05, 3.63) is 71.4 Å². The third-order valence-corrected chi connectivity index (χ3v) is 11.0. The fourth-order valence-corrected chi connectivity index (χ4v) is 8.62. The SMILES string of the molecule is C=C(C)CCC(C[C@]12CC3C(C=C(C)C)[C@](C(=O)c4ccc(O)c(O)c4)(C1=O)C(=O)[C@](CC=C(C)C)(C2=O)C3(C)C)C(=C)C. The van der Waals surface area contributed by atoms with Gasteiger partial charge in [0.1, 0.15) is 0 Å². The lowest BCUT2D eigenvalue weighted by Gasteiger charge is -2.71. The highest BCUT2D eigenvalue weighted by Gasteiger charge is 2.86. The van der Waals surface area contributed by atoms with Gasteiger partial charge in [-0.25, -0.2) is 0 Å². The Morgan fingerprint density at radius 3 is 2.11 bits per heavy atom. The molecule has 4 saturated carbocycles. The summed E-state index contributed by atoms with van der Waals surface area (Å²) in [7, 11) is 0. The number of aromatic hydroxyl groups is 2. The van der Waals surface area contributed by atoms with Crippen molar-refractivity contribution < 1.29 is 29.4 Å². The number of phenolic OH excluding ortho intramolecular Hbond substituents is 2. The van der Waals surface area contributed by atoms with Crippen molar-refractivity contribution in [3.8, 4) is 11.5 Å². The molecule has 4 bridgehead atoms. The van der Waals surface area contributed by atoms with Crippen LogP contribution in [-0.2, 0) is 14.4 Å². The fourth-order valence-electron chi connectivity index (χ4n) is 8.62. The lowest BCUT2D eigenvalue weighted by molar-refractivity contribution is -0.212. The van der Waals surface area contributed by atoms with E-state index in [4.69, 9.17) is 0 Å². The number of Topliss-reactive ketones (excluding diaryl/α,β-unsaturated/α-hetero) is 4. The van der Waals surface area contributed by atoms with Crippen molar-refractivity contribution >= 4 is 23.1 Å². The number of carbonyl (C=O) groups excluding carboxylic acids is 4. The quantitative estimate of drug-likeness (QED) is 0.116. The first-order valence-corrected chi connectivity index (χ1v) is 15.6. The largest absolute Gasteiger partial charge is 0.504 e. The second kappa shape index (κ2) is 11.1. The van der Waals surface area contributed by atoms with E-state index in [1.165, 1.54) is 12.1 Å². The summed E-state index contributed by atoms with van der Waals surface area (Å²) >= 11 is 0. The summed E-state index contributed by atoms with van der Waals surface area (Å²) in [6, 6.07) is 3.64. The monoisotopic (exact) mass is 600 g/mol. The molecule has 0 heterocycles. The van der Waals surface area contributed by atoms with E-state index in [1.807, 2.05) is 67.5 Å². The van der Waals surface area contributed by atoms with Crippen LogP contribution in [0.1, 0.15) is 97.9 Å². The average molecular weight is 601 g/mol. The average Bonchev–Trinajstić information content (AvgIpc) is 2.91. The van der Waals surface area contributed by atoms with Crippen molar-refractivity contribution in [2.45, 2.75) is 87.5 Å². The number of hydrogen-bond donors (Lipinski definition) is 2. The van der Waals surface area contributed by atoms with Crippen LogP contribution in [0.2, 0.25) is 0 Å². The number of phenols is 2. The smallest absolute Gasteiger partial charge is 0.184 e. The van der Waals surface area contributed by atoms with Crippen molar-refractivity contribution in [2.75, 3.05) is 0 Å². The van der Waals surface area contributed by atoms with Gasteiger partial charge in [0.25, 0.3) is 0 Å². The Labute approximate surface area is 262 Å². The molecule has 6 heteroatoms. The Morgan fingerprint density at radius 1 is 0.955 bits per heavy atom. The van der Waals surface area contributed by atoms with E-state index >= 15 is 14.4 Å². The molecule has 44 heavy (non-hydrogen) atoms. The summed E-state index contributed by atoms with van der Waals surface area (Å²) in [5, 5.41) is 20.4. The Bertz CT molecular complexity index is 1530. The number of benzene rings is 1.